The van der Waals surface area contributed by atoms with Crippen LogP contribution in [-0.4, -0.2) is 24.8 Å². The number of pyridine rings is 1. The van der Waals surface area contributed by atoms with Gasteiger partial charge >= 0.3 is 0 Å². The summed E-state index contributed by atoms with van der Waals surface area (Å²) in [5.74, 6) is 0.817. The van der Waals surface area contributed by atoms with Gasteiger partial charge in [0.2, 0.25) is 0 Å². The maximum absolute atomic E-state index is 8.76. The monoisotopic (exact) mass is 552 g/mol. The Morgan fingerprint density at radius 2 is 1.44 bits per heavy atom. The number of nitrogens with one attached hydrogen (secondary N) is 2. The molecule has 0 amide bonds. The third kappa shape index (κ3) is 3.38. The maximum atomic E-state index is 8.76. The number of fused-ring (bicyclic) bond motifs is 3. The van der Waals surface area contributed by atoms with Gasteiger partial charge < -0.3 is 5.41 Å². The Labute approximate surface area is 246 Å². The fourth-order valence-corrected chi connectivity index (χ4v) is 6.55. The van der Waals surface area contributed by atoms with E-state index in [2.05, 4.69) is 81.2 Å². The van der Waals surface area contributed by atoms with Crippen LogP contribution in [0.1, 0.15) is 5.56 Å². The first kappa shape index (κ1) is 23.7. The van der Waals surface area contributed by atoms with E-state index in [-0.39, 0.29) is 0 Å². The Bertz CT molecular complexity index is 2480. The Hall–Kier alpha value is -6.01. The van der Waals surface area contributed by atoms with E-state index in [4.69, 9.17) is 15.4 Å². The number of aromatic nitrogens is 4. The molecule has 0 saturated heterocycles. The zero-order valence-electron chi connectivity index (χ0n) is 23.0. The van der Waals surface area contributed by atoms with Gasteiger partial charge in [0.15, 0.2) is 5.82 Å². The number of allylic oxidation sites excluding steroid dienone is 5. The minimum absolute atomic E-state index is 0.464. The van der Waals surface area contributed by atoms with Crippen LogP contribution in [0.4, 0.5) is 0 Å². The molecule has 0 atom stereocenters. The van der Waals surface area contributed by atoms with E-state index in [1.807, 2.05) is 66.9 Å². The van der Waals surface area contributed by atoms with Gasteiger partial charge in [0.05, 0.1) is 39.0 Å². The molecule has 4 aromatic heterocycles. The minimum Gasteiger partial charge on any atom is -0.300 e. The number of rotatable bonds is 4. The molecule has 0 spiro atoms. The van der Waals surface area contributed by atoms with Crippen LogP contribution in [0.3, 0.4) is 0 Å². The van der Waals surface area contributed by atoms with Gasteiger partial charge in [0.25, 0.3) is 0 Å². The quantitative estimate of drug-likeness (QED) is 0.230. The second-order valence-corrected chi connectivity index (χ2v) is 10.8. The average Bonchev–Trinajstić information content (AvgIpc) is 3.56. The lowest BCUT2D eigenvalue weighted by Gasteiger charge is -2.19. The first-order chi connectivity index (χ1) is 21.3. The normalized spacial score (nSPS) is 14.7. The van der Waals surface area contributed by atoms with Crippen molar-refractivity contribution < 1.29 is 0 Å². The summed E-state index contributed by atoms with van der Waals surface area (Å²) < 4.78 is 4.45. The molecule has 0 saturated carbocycles. The number of nitrogens with zero attached hydrogens (tertiary/aromatic N) is 4. The zero-order valence-corrected chi connectivity index (χ0v) is 23.0. The van der Waals surface area contributed by atoms with Crippen molar-refractivity contribution in [2.24, 2.45) is 0 Å². The SMILES string of the molecule is N=C1C=CC=C/C1=C(/Nn1c2cccc3c4ccccc4n4c(-c5ccccn5)nc5ccc1c(c32)c54)c1ccccc1. The fraction of sp³-hybridized carbons (Fsp3) is 0. The van der Waals surface area contributed by atoms with Crippen LogP contribution in [0.5, 0.6) is 0 Å². The molecule has 6 nitrogen and oxygen atoms in total. The summed E-state index contributed by atoms with van der Waals surface area (Å²) in [7, 11) is 0. The fourth-order valence-electron chi connectivity index (χ4n) is 6.55. The highest BCUT2D eigenvalue weighted by Gasteiger charge is 2.24. The van der Waals surface area contributed by atoms with Crippen molar-refractivity contribution in [1.29, 1.82) is 5.41 Å². The van der Waals surface area contributed by atoms with E-state index in [1.165, 1.54) is 10.8 Å². The van der Waals surface area contributed by atoms with E-state index >= 15 is 0 Å². The van der Waals surface area contributed by atoms with Crippen LogP contribution in [0.25, 0.3) is 66.3 Å². The summed E-state index contributed by atoms with van der Waals surface area (Å²) in [6, 6.07) is 35.5. The first-order valence-corrected chi connectivity index (χ1v) is 14.3. The highest BCUT2D eigenvalue weighted by atomic mass is 15.4. The Kier molecular flexibility index (Phi) is 4.95. The molecular weight excluding hydrogens is 528 g/mol. The number of benzene rings is 4. The van der Waals surface area contributed by atoms with Gasteiger partial charge in [-0.2, -0.15) is 0 Å². The molecule has 0 aliphatic heterocycles. The van der Waals surface area contributed by atoms with Gasteiger partial charge in [-0.05, 0) is 47.9 Å². The Morgan fingerprint density at radius 1 is 0.674 bits per heavy atom. The Morgan fingerprint density at radius 3 is 2.30 bits per heavy atom. The van der Waals surface area contributed by atoms with Crippen LogP contribution in [-0.2, 0) is 0 Å². The minimum atomic E-state index is 0.464. The molecule has 202 valence electrons. The van der Waals surface area contributed by atoms with Crippen LogP contribution >= 0.6 is 0 Å². The highest BCUT2D eigenvalue weighted by molar-refractivity contribution is 6.30. The second-order valence-electron chi connectivity index (χ2n) is 10.8. The van der Waals surface area contributed by atoms with Gasteiger partial charge in [-0.25, -0.2) is 4.98 Å². The largest absolute Gasteiger partial charge is 0.300 e. The molecular formula is C37H24N6. The lowest BCUT2D eigenvalue weighted by Crippen LogP contribution is -2.17. The average molecular weight is 553 g/mol. The van der Waals surface area contributed by atoms with Crippen LogP contribution in [0, 0.1) is 5.41 Å². The summed E-state index contributed by atoms with van der Waals surface area (Å²) in [4.78, 5) is 9.85. The molecule has 9 rings (SSSR count). The van der Waals surface area contributed by atoms with Crippen LogP contribution in [0.2, 0.25) is 0 Å². The second kappa shape index (κ2) is 8.99. The van der Waals surface area contributed by atoms with Gasteiger partial charge in [-0.15, -0.1) is 0 Å². The van der Waals surface area contributed by atoms with E-state index in [9.17, 15) is 0 Å². The molecule has 1 aliphatic rings. The number of hydrogen-bond acceptors (Lipinski definition) is 4. The van der Waals surface area contributed by atoms with E-state index in [1.54, 1.807) is 0 Å². The molecule has 0 unspecified atom stereocenters. The highest BCUT2D eigenvalue weighted by Crippen LogP contribution is 2.42. The molecule has 4 aromatic carbocycles. The van der Waals surface area contributed by atoms with Gasteiger partial charge in [-0.1, -0.05) is 85.0 Å². The molecule has 1 aliphatic carbocycles. The third-order valence-corrected chi connectivity index (χ3v) is 8.38. The van der Waals surface area contributed by atoms with Gasteiger partial charge in [-0.3, -0.25) is 19.5 Å². The van der Waals surface area contributed by atoms with Crippen molar-refractivity contribution in [3.63, 3.8) is 0 Å². The van der Waals surface area contributed by atoms with Crippen molar-refractivity contribution in [3.8, 4) is 11.5 Å². The van der Waals surface area contributed by atoms with Crippen molar-refractivity contribution in [2.45, 2.75) is 0 Å². The molecule has 2 N–H and O–H groups in total. The summed E-state index contributed by atoms with van der Waals surface area (Å²) in [6.45, 7) is 0. The summed E-state index contributed by atoms with van der Waals surface area (Å²) in [5, 5.41) is 13.4. The smallest absolute Gasteiger partial charge is 0.164 e. The molecule has 8 aromatic rings. The maximum Gasteiger partial charge on any atom is 0.164 e. The summed E-state index contributed by atoms with van der Waals surface area (Å²) >= 11 is 0. The molecule has 4 heterocycles. The molecule has 0 bridgehead atoms. The zero-order chi connectivity index (χ0) is 28.5. The standard InChI is InChI=1S/C37H24N6/c38-27-16-6-4-14-26(27)35(23-11-2-1-3-12-23)41-43-31-19-10-15-25-24-13-5-7-18-30(24)42-36-28(20-21-32(43)34(36)33(25)31)40-37(42)29-17-8-9-22-39-29/h1-22,38,41H/b35-26-,38-27?. The molecule has 6 heteroatoms. The van der Waals surface area contributed by atoms with Crippen molar-refractivity contribution in [1.82, 2.24) is 19.0 Å². The van der Waals surface area contributed by atoms with Gasteiger partial charge in [0.1, 0.15) is 5.69 Å². The third-order valence-electron chi connectivity index (χ3n) is 8.38. The van der Waals surface area contributed by atoms with Crippen molar-refractivity contribution >= 4 is 60.5 Å². The molecule has 0 fully saturated rings. The predicted molar refractivity (Wildman–Crippen MR) is 176 cm³/mol. The first-order valence-electron chi connectivity index (χ1n) is 14.3. The van der Waals surface area contributed by atoms with E-state index in [0.29, 0.717) is 5.71 Å². The van der Waals surface area contributed by atoms with Crippen molar-refractivity contribution in [2.75, 3.05) is 5.43 Å². The lowest BCUT2D eigenvalue weighted by molar-refractivity contribution is 1.06. The van der Waals surface area contributed by atoms with Crippen molar-refractivity contribution in [3.05, 3.63) is 145 Å². The number of imidazole rings is 1. The summed E-state index contributed by atoms with van der Waals surface area (Å²) in [6.07, 6.45) is 9.54. The number of hydrogen-bond donors (Lipinski definition) is 2. The predicted octanol–water partition coefficient (Wildman–Crippen LogP) is 8.35. The topological polar surface area (TPSA) is 71.0 Å². The Balaban J connectivity index is 1.44. The van der Waals surface area contributed by atoms with E-state index in [0.717, 1.165) is 66.7 Å². The van der Waals surface area contributed by atoms with Crippen LogP contribution < -0.4 is 5.43 Å². The van der Waals surface area contributed by atoms with Crippen LogP contribution in [0.15, 0.2) is 139 Å². The van der Waals surface area contributed by atoms with E-state index < -0.39 is 0 Å². The lowest BCUT2D eigenvalue weighted by atomic mass is 9.99. The number of para-hydroxylation sites is 1. The van der Waals surface area contributed by atoms with Gasteiger partial charge in [0, 0.05) is 33.5 Å². The molecule has 0 radical (unpaired) electrons. The molecule has 43 heavy (non-hydrogen) atoms. The summed E-state index contributed by atoms with van der Waals surface area (Å²) in [5.41, 5.74) is 12.9.